The minimum absolute atomic E-state index is 0.0672. The first-order chi connectivity index (χ1) is 21.0. The molecule has 4 heterocycles. The molecule has 0 unspecified atom stereocenters. The third-order valence-corrected chi connectivity index (χ3v) is 8.55. The van der Waals surface area contributed by atoms with E-state index in [-0.39, 0.29) is 35.5 Å². The van der Waals surface area contributed by atoms with Crippen molar-refractivity contribution in [2.24, 2.45) is 11.8 Å². The van der Waals surface area contributed by atoms with Gasteiger partial charge in [-0.25, -0.2) is 4.98 Å². The number of hydrogen-bond acceptors (Lipinski definition) is 5. The van der Waals surface area contributed by atoms with Crippen molar-refractivity contribution in [1.29, 1.82) is 0 Å². The number of fused-ring (bicyclic) bond motifs is 1. The van der Waals surface area contributed by atoms with Crippen LogP contribution in [0.2, 0.25) is 0 Å². The van der Waals surface area contributed by atoms with Gasteiger partial charge in [-0.3, -0.25) is 23.7 Å². The number of aromatic nitrogens is 5. The van der Waals surface area contributed by atoms with Crippen LogP contribution < -0.4 is 0 Å². The molecule has 2 aliphatic rings. The Balaban J connectivity index is 1.18. The van der Waals surface area contributed by atoms with Crippen molar-refractivity contribution in [2.75, 3.05) is 26.2 Å². The first-order valence-electron chi connectivity index (χ1n) is 14.6. The molecule has 4 aromatic rings. The van der Waals surface area contributed by atoms with E-state index in [9.17, 15) is 22.8 Å². The fourth-order valence-corrected chi connectivity index (χ4v) is 6.22. The van der Waals surface area contributed by atoms with Gasteiger partial charge in [-0.15, -0.1) is 6.42 Å². The lowest BCUT2D eigenvalue weighted by atomic mass is 9.75. The van der Waals surface area contributed by atoms with Crippen LogP contribution in [0.5, 0.6) is 0 Å². The molecular weight excluding hydrogens is 571 g/mol. The fourth-order valence-electron chi connectivity index (χ4n) is 6.22. The van der Waals surface area contributed by atoms with E-state index in [0.29, 0.717) is 55.4 Å². The number of carbonyl (C=O) groups excluding carboxylic acids is 2. The van der Waals surface area contributed by atoms with Crippen molar-refractivity contribution in [3.05, 3.63) is 71.1 Å². The summed E-state index contributed by atoms with van der Waals surface area (Å²) in [4.78, 5) is 38.6. The summed E-state index contributed by atoms with van der Waals surface area (Å²) in [5, 5.41) is 3.66. The Morgan fingerprint density at radius 3 is 2.48 bits per heavy atom. The quantitative estimate of drug-likeness (QED) is 0.304. The Hall–Kier alpha value is -4.66. The predicted molar refractivity (Wildman–Crippen MR) is 156 cm³/mol. The number of piperazine rings is 1. The van der Waals surface area contributed by atoms with Gasteiger partial charge in [-0.2, -0.15) is 18.3 Å². The molecule has 1 saturated carbocycles. The molecule has 6 rings (SSSR count). The number of rotatable bonds is 6. The topological polar surface area (TPSA) is 88.6 Å². The third kappa shape index (κ3) is 5.54. The summed E-state index contributed by atoms with van der Waals surface area (Å²) in [6.07, 6.45) is 8.61. The van der Waals surface area contributed by atoms with Crippen LogP contribution in [0.4, 0.5) is 13.2 Å². The summed E-state index contributed by atoms with van der Waals surface area (Å²) in [6, 6.07) is 5.58. The zero-order valence-corrected chi connectivity index (χ0v) is 24.5. The number of hydrogen-bond donors (Lipinski definition) is 0. The van der Waals surface area contributed by atoms with Crippen molar-refractivity contribution in [3.63, 3.8) is 0 Å². The van der Waals surface area contributed by atoms with Gasteiger partial charge in [0.1, 0.15) is 6.54 Å². The monoisotopic (exact) mass is 603 g/mol. The molecule has 3 aromatic heterocycles. The van der Waals surface area contributed by atoms with Crippen LogP contribution in [-0.2, 0) is 23.9 Å². The molecule has 1 saturated heterocycles. The summed E-state index contributed by atoms with van der Waals surface area (Å²) in [5.41, 5.74) is 2.34. The number of alkyl halides is 3. The van der Waals surface area contributed by atoms with Crippen molar-refractivity contribution < 1.29 is 22.8 Å². The lowest BCUT2D eigenvalue weighted by Crippen LogP contribution is -2.53. The summed E-state index contributed by atoms with van der Waals surface area (Å²) < 4.78 is 44.0. The molecule has 12 heteroatoms. The van der Waals surface area contributed by atoms with Gasteiger partial charge in [-0.05, 0) is 42.9 Å². The van der Waals surface area contributed by atoms with Gasteiger partial charge in [0, 0.05) is 62.7 Å². The molecule has 1 aliphatic carbocycles. The lowest BCUT2D eigenvalue weighted by molar-refractivity contribution is -0.141. The highest BCUT2D eigenvalue weighted by Gasteiger charge is 2.39. The highest BCUT2D eigenvalue weighted by atomic mass is 19.4. The van der Waals surface area contributed by atoms with Crippen molar-refractivity contribution >= 4 is 17.5 Å². The fraction of sp³-hybridized carbons (Fsp3) is 0.406. The number of nitrogens with zero attached hydrogens (tertiary/aromatic N) is 7. The van der Waals surface area contributed by atoms with E-state index in [1.54, 1.807) is 21.6 Å². The van der Waals surface area contributed by atoms with Crippen LogP contribution in [0.15, 0.2) is 43.0 Å². The zero-order chi connectivity index (χ0) is 31.2. The number of amides is 2. The average Bonchev–Trinajstić information content (AvgIpc) is 3.60. The van der Waals surface area contributed by atoms with E-state index in [0.717, 1.165) is 28.7 Å². The van der Waals surface area contributed by atoms with Gasteiger partial charge in [-0.1, -0.05) is 25.0 Å². The van der Waals surface area contributed by atoms with Gasteiger partial charge in [0.15, 0.2) is 11.3 Å². The third-order valence-electron chi connectivity index (χ3n) is 8.55. The van der Waals surface area contributed by atoms with E-state index in [1.165, 1.54) is 18.6 Å². The van der Waals surface area contributed by atoms with Gasteiger partial charge in [0.05, 0.1) is 23.1 Å². The predicted octanol–water partition coefficient (Wildman–Crippen LogP) is 4.47. The number of aryl methyl sites for hydroxylation is 1. The molecule has 2 amide bonds. The Kier molecular flexibility index (Phi) is 7.65. The van der Waals surface area contributed by atoms with Gasteiger partial charge in [0.25, 0.3) is 5.91 Å². The molecule has 0 N–H and O–H groups in total. The molecule has 1 aromatic carbocycles. The maximum absolute atomic E-state index is 13.8. The van der Waals surface area contributed by atoms with Crippen LogP contribution in [-0.4, -0.2) is 71.9 Å². The van der Waals surface area contributed by atoms with Crippen LogP contribution in [0.25, 0.3) is 16.9 Å². The van der Waals surface area contributed by atoms with Crippen LogP contribution in [0, 0.1) is 31.1 Å². The zero-order valence-electron chi connectivity index (χ0n) is 24.5. The van der Waals surface area contributed by atoms with E-state index in [2.05, 4.69) is 27.9 Å². The molecule has 2 fully saturated rings. The van der Waals surface area contributed by atoms with E-state index in [4.69, 9.17) is 6.42 Å². The SMILES string of the molecule is C#CCn1cc(-c2cnc3c(Cc4ccc(C(=O)N5CCN(C(=O)C6CC(C)C6)CC5)c(C)c4)nccn23)c(C(F)(F)F)n1. The van der Waals surface area contributed by atoms with E-state index in [1.807, 2.05) is 24.0 Å². The summed E-state index contributed by atoms with van der Waals surface area (Å²) >= 11 is 0. The van der Waals surface area contributed by atoms with Crippen LogP contribution in [0.1, 0.15) is 52.6 Å². The highest BCUT2D eigenvalue weighted by molar-refractivity contribution is 5.96. The standard InChI is InChI=1S/C32H32F3N7O2/c1-4-8-41-19-25(28(38-41)32(33,34)35)27-18-37-29-26(36-7-9-42(27)29)17-22-5-6-24(21(3)16-22)31(44)40-12-10-39(11-13-40)30(43)23-14-20(2)15-23/h1,5-7,9,16,18-20,23H,8,10-15,17H2,2-3H3. The van der Waals surface area contributed by atoms with Crippen LogP contribution >= 0.6 is 0 Å². The maximum atomic E-state index is 13.8. The van der Waals surface area contributed by atoms with Gasteiger partial charge < -0.3 is 9.80 Å². The maximum Gasteiger partial charge on any atom is 0.435 e. The van der Waals surface area contributed by atoms with E-state index >= 15 is 0 Å². The number of terminal acetylenes is 1. The number of benzene rings is 1. The molecule has 0 spiro atoms. The second-order valence-electron chi connectivity index (χ2n) is 11.7. The number of imidazole rings is 1. The molecule has 1 aliphatic heterocycles. The van der Waals surface area contributed by atoms with Crippen molar-refractivity contribution in [2.45, 2.75) is 45.8 Å². The largest absolute Gasteiger partial charge is 0.435 e. The molecule has 0 bridgehead atoms. The van der Waals surface area contributed by atoms with Crippen molar-refractivity contribution in [1.82, 2.24) is 33.9 Å². The molecule has 228 valence electrons. The Morgan fingerprint density at radius 2 is 1.82 bits per heavy atom. The van der Waals surface area contributed by atoms with Crippen LogP contribution in [0.3, 0.4) is 0 Å². The minimum atomic E-state index is -4.67. The smallest absolute Gasteiger partial charge is 0.339 e. The molecule has 44 heavy (non-hydrogen) atoms. The molecule has 0 atom stereocenters. The van der Waals surface area contributed by atoms with Crippen molar-refractivity contribution in [3.8, 4) is 23.6 Å². The lowest BCUT2D eigenvalue weighted by Gasteiger charge is -2.40. The number of halogens is 3. The summed E-state index contributed by atoms with van der Waals surface area (Å²) in [6.45, 7) is 6.03. The second kappa shape index (κ2) is 11.4. The van der Waals surface area contributed by atoms with Gasteiger partial charge >= 0.3 is 6.18 Å². The first-order valence-corrected chi connectivity index (χ1v) is 14.6. The molecule has 0 radical (unpaired) electrons. The molecule has 9 nitrogen and oxygen atoms in total. The normalized spacial score (nSPS) is 18.7. The Bertz CT molecular complexity index is 1770. The minimum Gasteiger partial charge on any atom is -0.339 e. The summed E-state index contributed by atoms with van der Waals surface area (Å²) in [7, 11) is 0. The second-order valence-corrected chi connectivity index (χ2v) is 11.7. The summed E-state index contributed by atoms with van der Waals surface area (Å²) in [5.74, 6) is 3.19. The number of carbonyl (C=O) groups is 2. The average molecular weight is 604 g/mol. The highest BCUT2D eigenvalue weighted by Crippen LogP contribution is 2.37. The first kappa shape index (κ1) is 29.4. The van der Waals surface area contributed by atoms with Gasteiger partial charge in [0.2, 0.25) is 5.91 Å². The Morgan fingerprint density at radius 1 is 1.09 bits per heavy atom. The van der Waals surface area contributed by atoms with E-state index < -0.39 is 11.9 Å². The Labute approximate surface area is 252 Å². The molecular formula is C32H32F3N7O2.